The van der Waals surface area contributed by atoms with Crippen molar-refractivity contribution >= 4 is 5.97 Å². The SMILES string of the molecule is NCc1c(F)ccc(C(=O)O)c1F. The third kappa shape index (κ3) is 1.65. The average molecular weight is 187 g/mol. The van der Waals surface area contributed by atoms with Gasteiger partial charge >= 0.3 is 5.97 Å². The van der Waals surface area contributed by atoms with Crippen LogP contribution in [0.1, 0.15) is 15.9 Å². The van der Waals surface area contributed by atoms with Crippen LogP contribution in [0.25, 0.3) is 0 Å². The van der Waals surface area contributed by atoms with Gasteiger partial charge in [0, 0.05) is 12.1 Å². The maximum atomic E-state index is 13.1. The van der Waals surface area contributed by atoms with E-state index in [1.807, 2.05) is 0 Å². The zero-order valence-electron chi connectivity index (χ0n) is 6.55. The smallest absolute Gasteiger partial charge is 0.338 e. The first-order valence-corrected chi connectivity index (χ1v) is 3.48. The molecule has 0 saturated heterocycles. The van der Waals surface area contributed by atoms with Crippen LogP contribution in [0.5, 0.6) is 0 Å². The van der Waals surface area contributed by atoms with E-state index in [1.165, 1.54) is 0 Å². The van der Waals surface area contributed by atoms with Crippen LogP contribution in [0, 0.1) is 11.6 Å². The second-order valence-corrected chi connectivity index (χ2v) is 2.40. The van der Waals surface area contributed by atoms with Crippen molar-refractivity contribution in [2.75, 3.05) is 0 Å². The topological polar surface area (TPSA) is 63.3 Å². The maximum absolute atomic E-state index is 13.1. The van der Waals surface area contributed by atoms with Crippen molar-refractivity contribution in [3.8, 4) is 0 Å². The summed E-state index contributed by atoms with van der Waals surface area (Å²) in [6.07, 6.45) is 0. The number of hydrogen-bond acceptors (Lipinski definition) is 2. The second kappa shape index (κ2) is 3.49. The van der Waals surface area contributed by atoms with E-state index in [1.54, 1.807) is 0 Å². The summed E-state index contributed by atoms with van der Waals surface area (Å²) in [7, 11) is 0. The molecule has 0 fully saturated rings. The number of carboxylic acid groups (broad SMARTS) is 1. The van der Waals surface area contributed by atoms with Crippen LogP contribution < -0.4 is 5.73 Å². The first kappa shape index (κ1) is 9.60. The van der Waals surface area contributed by atoms with E-state index >= 15 is 0 Å². The molecule has 3 N–H and O–H groups in total. The van der Waals surface area contributed by atoms with E-state index in [0.717, 1.165) is 12.1 Å². The number of hydrogen-bond donors (Lipinski definition) is 2. The highest BCUT2D eigenvalue weighted by molar-refractivity contribution is 5.88. The third-order valence-corrected chi connectivity index (χ3v) is 1.62. The molecule has 70 valence electrons. The summed E-state index contributed by atoms with van der Waals surface area (Å²) < 4.78 is 25.9. The molecule has 0 amide bonds. The molecule has 1 aromatic rings. The Bertz CT molecular complexity index is 352. The van der Waals surface area contributed by atoms with Gasteiger partial charge in [-0.1, -0.05) is 0 Å². The van der Waals surface area contributed by atoms with Gasteiger partial charge in [0.1, 0.15) is 11.6 Å². The summed E-state index contributed by atoms with van der Waals surface area (Å²) in [4.78, 5) is 10.4. The standard InChI is InChI=1S/C8H7F2NO2/c9-6-2-1-4(8(12)13)7(10)5(6)3-11/h1-2H,3,11H2,(H,12,13). The van der Waals surface area contributed by atoms with Crippen molar-refractivity contribution in [2.24, 2.45) is 5.73 Å². The fraction of sp³-hybridized carbons (Fsp3) is 0.125. The van der Waals surface area contributed by atoms with Gasteiger partial charge in [-0.2, -0.15) is 0 Å². The largest absolute Gasteiger partial charge is 0.478 e. The minimum atomic E-state index is -1.44. The number of carboxylic acids is 1. The van der Waals surface area contributed by atoms with Crippen LogP contribution in [0.3, 0.4) is 0 Å². The number of rotatable bonds is 2. The van der Waals surface area contributed by atoms with Crippen molar-refractivity contribution in [2.45, 2.75) is 6.54 Å². The lowest BCUT2D eigenvalue weighted by molar-refractivity contribution is 0.0691. The Balaban J connectivity index is 3.35. The Hall–Kier alpha value is -1.49. The molecule has 3 nitrogen and oxygen atoms in total. The second-order valence-electron chi connectivity index (χ2n) is 2.40. The third-order valence-electron chi connectivity index (χ3n) is 1.62. The van der Waals surface area contributed by atoms with Gasteiger partial charge in [-0.05, 0) is 12.1 Å². The molecule has 1 aromatic carbocycles. The van der Waals surface area contributed by atoms with Crippen LogP contribution in [0.15, 0.2) is 12.1 Å². The molecule has 0 aliphatic rings. The zero-order chi connectivity index (χ0) is 10.0. The molecule has 0 saturated carbocycles. The molecule has 5 heteroatoms. The molecular formula is C8H7F2NO2. The minimum absolute atomic E-state index is 0.362. The normalized spacial score (nSPS) is 10.1. The van der Waals surface area contributed by atoms with E-state index < -0.39 is 28.7 Å². The molecule has 1 rings (SSSR count). The fourth-order valence-corrected chi connectivity index (χ4v) is 0.950. The Labute approximate surface area is 72.8 Å². The molecule has 0 spiro atoms. The van der Waals surface area contributed by atoms with Crippen molar-refractivity contribution in [1.82, 2.24) is 0 Å². The Morgan fingerprint density at radius 1 is 1.46 bits per heavy atom. The van der Waals surface area contributed by atoms with Crippen molar-refractivity contribution in [3.05, 3.63) is 34.9 Å². The first-order valence-electron chi connectivity index (χ1n) is 3.48. The number of aromatic carboxylic acids is 1. The Morgan fingerprint density at radius 2 is 2.08 bits per heavy atom. The van der Waals surface area contributed by atoms with Gasteiger partial charge in [-0.15, -0.1) is 0 Å². The van der Waals surface area contributed by atoms with Crippen LogP contribution >= 0.6 is 0 Å². The van der Waals surface area contributed by atoms with Gasteiger partial charge in [-0.3, -0.25) is 0 Å². The van der Waals surface area contributed by atoms with Gasteiger partial charge in [0.15, 0.2) is 0 Å². The van der Waals surface area contributed by atoms with Gasteiger partial charge in [0.05, 0.1) is 5.56 Å². The molecule has 0 radical (unpaired) electrons. The van der Waals surface area contributed by atoms with Gasteiger partial charge in [0.25, 0.3) is 0 Å². The summed E-state index contributed by atoms with van der Waals surface area (Å²) in [5.41, 5.74) is 4.08. The van der Waals surface area contributed by atoms with Crippen molar-refractivity contribution in [3.63, 3.8) is 0 Å². The summed E-state index contributed by atoms with van der Waals surface area (Å²) in [5, 5.41) is 8.47. The summed E-state index contributed by atoms with van der Waals surface area (Å²) in [6, 6.07) is 1.75. The van der Waals surface area contributed by atoms with Gasteiger partial charge < -0.3 is 10.8 Å². The number of carbonyl (C=O) groups is 1. The summed E-state index contributed by atoms with van der Waals surface area (Å²) in [5.74, 6) is -3.37. The van der Waals surface area contributed by atoms with Crippen LogP contribution in [-0.2, 0) is 6.54 Å². The molecule has 0 atom stereocenters. The van der Waals surface area contributed by atoms with Gasteiger partial charge in [0.2, 0.25) is 0 Å². The number of benzene rings is 1. The van der Waals surface area contributed by atoms with Crippen molar-refractivity contribution in [1.29, 1.82) is 0 Å². The number of nitrogens with two attached hydrogens (primary N) is 1. The molecule has 0 bridgehead atoms. The molecule has 0 heterocycles. The lowest BCUT2D eigenvalue weighted by Gasteiger charge is -2.03. The van der Waals surface area contributed by atoms with Crippen molar-refractivity contribution < 1.29 is 18.7 Å². The Morgan fingerprint density at radius 3 is 2.54 bits per heavy atom. The first-order chi connectivity index (χ1) is 6.07. The predicted octanol–water partition coefficient (Wildman–Crippen LogP) is 1.12. The highest BCUT2D eigenvalue weighted by Crippen LogP contribution is 2.16. The molecule has 0 aliphatic carbocycles. The monoisotopic (exact) mass is 187 g/mol. The quantitative estimate of drug-likeness (QED) is 0.729. The molecule has 13 heavy (non-hydrogen) atoms. The molecule has 0 aliphatic heterocycles. The highest BCUT2D eigenvalue weighted by Gasteiger charge is 2.16. The van der Waals surface area contributed by atoms with E-state index in [2.05, 4.69) is 0 Å². The average Bonchev–Trinajstić information content (AvgIpc) is 2.04. The highest BCUT2D eigenvalue weighted by atomic mass is 19.1. The molecule has 0 unspecified atom stereocenters. The lowest BCUT2D eigenvalue weighted by atomic mass is 10.1. The summed E-state index contributed by atoms with van der Waals surface area (Å²) in [6.45, 7) is -0.362. The predicted molar refractivity (Wildman–Crippen MR) is 41.2 cm³/mol. The van der Waals surface area contributed by atoms with Crippen LogP contribution in [0.2, 0.25) is 0 Å². The zero-order valence-corrected chi connectivity index (χ0v) is 6.55. The van der Waals surface area contributed by atoms with E-state index in [0.29, 0.717) is 0 Å². The van der Waals surface area contributed by atoms with Crippen LogP contribution in [0.4, 0.5) is 8.78 Å². The van der Waals surface area contributed by atoms with Gasteiger partial charge in [-0.25, -0.2) is 13.6 Å². The number of halogens is 2. The lowest BCUT2D eigenvalue weighted by Crippen LogP contribution is -2.09. The summed E-state index contributed by atoms with van der Waals surface area (Å²) >= 11 is 0. The molecule has 0 aromatic heterocycles. The Kier molecular flexibility index (Phi) is 2.57. The van der Waals surface area contributed by atoms with E-state index in [9.17, 15) is 13.6 Å². The molecular weight excluding hydrogens is 180 g/mol. The minimum Gasteiger partial charge on any atom is -0.478 e. The maximum Gasteiger partial charge on any atom is 0.338 e. The van der Waals surface area contributed by atoms with Crippen LogP contribution in [-0.4, -0.2) is 11.1 Å². The van der Waals surface area contributed by atoms with E-state index in [-0.39, 0.29) is 6.54 Å². The van der Waals surface area contributed by atoms with E-state index in [4.69, 9.17) is 10.8 Å². The fourth-order valence-electron chi connectivity index (χ4n) is 0.950.